The Morgan fingerprint density at radius 1 is 1.06 bits per heavy atom. The summed E-state index contributed by atoms with van der Waals surface area (Å²) in [4.78, 5) is 27.4. The van der Waals surface area contributed by atoms with Crippen LogP contribution in [0.3, 0.4) is 0 Å². The van der Waals surface area contributed by atoms with Crippen molar-refractivity contribution >= 4 is 23.5 Å². The molecule has 0 unspecified atom stereocenters. The highest BCUT2D eigenvalue weighted by atomic mass is 35.5. The smallest absolute Gasteiger partial charge is 0.318 e. The molecule has 7 nitrogen and oxygen atoms in total. The van der Waals surface area contributed by atoms with E-state index in [1.807, 2.05) is 48.5 Å². The van der Waals surface area contributed by atoms with E-state index in [9.17, 15) is 14.9 Å². The van der Waals surface area contributed by atoms with Crippen molar-refractivity contribution in [2.75, 3.05) is 26.3 Å². The van der Waals surface area contributed by atoms with Crippen molar-refractivity contribution in [2.24, 2.45) is 0 Å². The maximum absolute atomic E-state index is 13.1. The number of morpholine rings is 1. The lowest BCUT2D eigenvalue weighted by molar-refractivity contribution is -0.123. The third-order valence-corrected chi connectivity index (χ3v) is 5.70. The highest BCUT2D eigenvalue weighted by Gasteiger charge is 2.27. The summed E-state index contributed by atoms with van der Waals surface area (Å²) in [5.74, 6) is -0.411. The van der Waals surface area contributed by atoms with Crippen LogP contribution in [0, 0.1) is 11.3 Å². The summed E-state index contributed by atoms with van der Waals surface area (Å²) in [7, 11) is 0. The third kappa shape index (κ3) is 6.98. The van der Waals surface area contributed by atoms with E-state index in [1.54, 1.807) is 11.0 Å². The molecule has 8 heteroatoms. The molecule has 0 spiro atoms. The number of amides is 3. The van der Waals surface area contributed by atoms with Gasteiger partial charge in [-0.05, 0) is 30.0 Å². The largest absolute Gasteiger partial charge is 0.378 e. The van der Waals surface area contributed by atoms with Crippen LogP contribution in [-0.4, -0.2) is 55.2 Å². The number of halogens is 1. The Hall–Kier alpha value is -3.08. The van der Waals surface area contributed by atoms with Crippen LogP contribution >= 0.6 is 11.6 Å². The molecular formula is C24H27ClN4O3. The molecule has 1 aliphatic heterocycles. The Bertz CT molecular complexity index is 942. The van der Waals surface area contributed by atoms with E-state index in [0.717, 1.165) is 11.1 Å². The molecule has 0 aliphatic carbocycles. The van der Waals surface area contributed by atoms with E-state index in [4.69, 9.17) is 16.3 Å². The number of carbonyl (C=O) groups excluding carboxylic acids is 2. The first kappa shape index (κ1) is 23.6. The molecule has 2 atom stereocenters. The van der Waals surface area contributed by atoms with Gasteiger partial charge in [0, 0.05) is 24.5 Å². The molecule has 2 N–H and O–H groups in total. The molecule has 3 rings (SSSR count). The first-order valence-electron chi connectivity index (χ1n) is 10.7. The second-order valence-electron chi connectivity index (χ2n) is 7.61. The molecule has 2 aromatic rings. The summed E-state index contributed by atoms with van der Waals surface area (Å²) in [6, 6.07) is 17.3. The molecule has 3 amide bonds. The molecule has 168 valence electrons. The Kier molecular flexibility index (Phi) is 8.90. The number of nitrogens with zero attached hydrogens (tertiary/aromatic N) is 2. The van der Waals surface area contributed by atoms with E-state index >= 15 is 0 Å². The molecular weight excluding hydrogens is 428 g/mol. The summed E-state index contributed by atoms with van der Waals surface area (Å²) >= 11 is 6.29. The third-order valence-electron chi connectivity index (χ3n) is 5.33. The van der Waals surface area contributed by atoms with Gasteiger partial charge in [0.15, 0.2) is 0 Å². The molecule has 2 aromatic carbocycles. The van der Waals surface area contributed by atoms with Crippen molar-refractivity contribution in [1.82, 2.24) is 15.5 Å². The quantitative estimate of drug-likeness (QED) is 0.641. The highest BCUT2D eigenvalue weighted by Crippen LogP contribution is 2.17. The van der Waals surface area contributed by atoms with Gasteiger partial charge in [0.1, 0.15) is 12.1 Å². The summed E-state index contributed by atoms with van der Waals surface area (Å²) in [6.07, 6.45) is 1.36. The molecule has 1 heterocycles. The molecule has 1 aliphatic rings. The predicted octanol–water partition coefficient (Wildman–Crippen LogP) is 2.93. The SMILES string of the molecule is N#C[C@H](CCc1ccccc1)NC(=O)[C@H](Cc1ccccc1Cl)NC(=O)N1CCOCC1. The second kappa shape index (κ2) is 12.1. The number of benzene rings is 2. The molecule has 0 radical (unpaired) electrons. The van der Waals surface area contributed by atoms with Crippen molar-refractivity contribution in [3.05, 3.63) is 70.7 Å². The number of carbonyl (C=O) groups is 2. The van der Waals surface area contributed by atoms with Crippen LogP contribution in [0.4, 0.5) is 4.79 Å². The minimum absolute atomic E-state index is 0.221. The Labute approximate surface area is 193 Å². The molecule has 0 saturated carbocycles. The van der Waals surface area contributed by atoms with Crippen LogP contribution in [0.25, 0.3) is 0 Å². The number of nitrogens with one attached hydrogen (secondary N) is 2. The van der Waals surface area contributed by atoms with Crippen LogP contribution in [0.2, 0.25) is 5.02 Å². The second-order valence-corrected chi connectivity index (χ2v) is 8.02. The minimum Gasteiger partial charge on any atom is -0.378 e. The normalized spacial score (nSPS) is 15.3. The van der Waals surface area contributed by atoms with E-state index < -0.39 is 18.0 Å². The van der Waals surface area contributed by atoms with E-state index in [2.05, 4.69) is 16.7 Å². The molecule has 0 bridgehead atoms. The zero-order valence-corrected chi connectivity index (χ0v) is 18.6. The molecule has 1 saturated heterocycles. The zero-order chi connectivity index (χ0) is 22.8. The lowest BCUT2D eigenvalue weighted by Crippen LogP contribution is -2.55. The van der Waals surface area contributed by atoms with Gasteiger partial charge in [-0.1, -0.05) is 60.1 Å². The fraction of sp³-hybridized carbons (Fsp3) is 0.375. The average molecular weight is 455 g/mol. The van der Waals surface area contributed by atoms with E-state index in [1.165, 1.54) is 0 Å². The summed E-state index contributed by atoms with van der Waals surface area (Å²) in [5, 5.41) is 15.7. The summed E-state index contributed by atoms with van der Waals surface area (Å²) in [5.41, 5.74) is 1.84. The number of aryl methyl sites for hydroxylation is 1. The van der Waals surface area contributed by atoms with Crippen molar-refractivity contribution in [3.63, 3.8) is 0 Å². The first-order valence-corrected chi connectivity index (χ1v) is 11.0. The van der Waals surface area contributed by atoms with Crippen LogP contribution in [0.15, 0.2) is 54.6 Å². The van der Waals surface area contributed by atoms with Gasteiger partial charge in [0.2, 0.25) is 5.91 Å². The fourth-order valence-corrected chi connectivity index (χ4v) is 3.71. The van der Waals surface area contributed by atoms with Gasteiger partial charge >= 0.3 is 6.03 Å². The first-order chi connectivity index (χ1) is 15.6. The van der Waals surface area contributed by atoms with Gasteiger partial charge in [0.05, 0.1) is 19.3 Å². The summed E-state index contributed by atoms with van der Waals surface area (Å²) in [6.45, 7) is 1.85. The number of urea groups is 1. The van der Waals surface area contributed by atoms with Crippen molar-refractivity contribution in [2.45, 2.75) is 31.3 Å². The van der Waals surface area contributed by atoms with E-state index in [-0.39, 0.29) is 12.5 Å². The lowest BCUT2D eigenvalue weighted by atomic mass is 10.0. The lowest BCUT2D eigenvalue weighted by Gasteiger charge is -2.29. The van der Waals surface area contributed by atoms with Crippen molar-refractivity contribution in [3.8, 4) is 6.07 Å². The zero-order valence-electron chi connectivity index (χ0n) is 17.8. The summed E-state index contributed by atoms with van der Waals surface area (Å²) < 4.78 is 5.29. The number of hydrogen-bond acceptors (Lipinski definition) is 4. The maximum atomic E-state index is 13.1. The topological polar surface area (TPSA) is 94.5 Å². The Balaban J connectivity index is 1.67. The Morgan fingerprint density at radius 2 is 1.75 bits per heavy atom. The standard InChI is InChI=1S/C24H27ClN4O3/c25-21-9-5-4-8-19(21)16-22(28-24(31)29-12-14-32-15-13-29)23(30)27-20(17-26)11-10-18-6-2-1-3-7-18/h1-9,20,22H,10-16H2,(H,27,30)(H,28,31)/t20-,22-/m0/s1. The fourth-order valence-electron chi connectivity index (χ4n) is 3.50. The monoisotopic (exact) mass is 454 g/mol. The van der Waals surface area contributed by atoms with Gasteiger partial charge in [-0.25, -0.2) is 4.79 Å². The van der Waals surface area contributed by atoms with Gasteiger partial charge in [0.25, 0.3) is 0 Å². The highest BCUT2D eigenvalue weighted by molar-refractivity contribution is 6.31. The van der Waals surface area contributed by atoms with Crippen molar-refractivity contribution in [1.29, 1.82) is 5.26 Å². The number of ether oxygens (including phenoxy) is 1. The van der Waals surface area contributed by atoms with Crippen LogP contribution < -0.4 is 10.6 Å². The van der Waals surface area contributed by atoms with Crippen molar-refractivity contribution < 1.29 is 14.3 Å². The van der Waals surface area contributed by atoms with Crippen LogP contribution in [0.1, 0.15) is 17.5 Å². The minimum atomic E-state index is -0.863. The molecule has 0 aromatic heterocycles. The number of hydrogen-bond donors (Lipinski definition) is 2. The van der Waals surface area contributed by atoms with Gasteiger partial charge < -0.3 is 20.3 Å². The van der Waals surface area contributed by atoms with Crippen LogP contribution in [0.5, 0.6) is 0 Å². The average Bonchev–Trinajstić information content (AvgIpc) is 2.83. The molecule has 32 heavy (non-hydrogen) atoms. The van der Waals surface area contributed by atoms with Gasteiger partial charge in [-0.2, -0.15) is 5.26 Å². The van der Waals surface area contributed by atoms with Gasteiger partial charge in [-0.3, -0.25) is 4.79 Å². The number of rotatable bonds is 8. The predicted molar refractivity (Wildman–Crippen MR) is 122 cm³/mol. The van der Waals surface area contributed by atoms with Crippen LogP contribution in [-0.2, 0) is 22.4 Å². The van der Waals surface area contributed by atoms with E-state index in [0.29, 0.717) is 44.2 Å². The molecule has 1 fully saturated rings. The maximum Gasteiger partial charge on any atom is 0.318 e. The van der Waals surface area contributed by atoms with Gasteiger partial charge in [-0.15, -0.1) is 0 Å². The Morgan fingerprint density at radius 3 is 2.44 bits per heavy atom. The number of nitriles is 1.